The maximum absolute atomic E-state index is 13.0. The van der Waals surface area contributed by atoms with Gasteiger partial charge in [-0.15, -0.1) is 0 Å². The number of rotatable bonds is 5. The van der Waals surface area contributed by atoms with Crippen molar-refractivity contribution in [3.05, 3.63) is 58.8 Å². The van der Waals surface area contributed by atoms with Crippen LogP contribution in [0.25, 0.3) is 0 Å². The summed E-state index contributed by atoms with van der Waals surface area (Å²) >= 11 is 6.05. The first-order valence-corrected chi connectivity index (χ1v) is 6.67. The van der Waals surface area contributed by atoms with Crippen molar-refractivity contribution in [2.45, 2.75) is 32.4 Å². The molecule has 0 aliphatic rings. The SMILES string of the molecule is CC(Cc1ccco1)NC(C)c1ccc(F)cc1Cl. The van der Waals surface area contributed by atoms with Gasteiger partial charge in [-0.3, -0.25) is 0 Å². The number of benzene rings is 1. The molecule has 4 heteroatoms. The zero-order valence-electron chi connectivity index (χ0n) is 11.0. The third-order valence-corrected chi connectivity index (χ3v) is 3.38. The second-order valence-electron chi connectivity index (χ2n) is 4.74. The lowest BCUT2D eigenvalue weighted by Crippen LogP contribution is -2.30. The summed E-state index contributed by atoms with van der Waals surface area (Å²) in [7, 11) is 0. The van der Waals surface area contributed by atoms with Gasteiger partial charge in [0.2, 0.25) is 0 Å². The Hall–Kier alpha value is -1.32. The third-order valence-electron chi connectivity index (χ3n) is 3.05. The second-order valence-corrected chi connectivity index (χ2v) is 5.15. The lowest BCUT2D eigenvalue weighted by atomic mass is 10.1. The summed E-state index contributed by atoms with van der Waals surface area (Å²) in [6.07, 6.45) is 2.47. The van der Waals surface area contributed by atoms with Crippen LogP contribution in [0.15, 0.2) is 41.0 Å². The molecule has 0 saturated carbocycles. The molecule has 102 valence electrons. The molecule has 1 aromatic carbocycles. The minimum absolute atomic E-state index is 0.0538. The van der Waals surface area contributed by atoms with E-state index in [9.17, 15) is 4.39 Å². The zero-order chi connectivity index (χ0) is 13.8. The summed E-state index contributed by atoms with van der Waals surface area (Å²) in [6.45, 7) is 4.09. The molecular weight excluding hydrogens is 265 g/mol. The fourth-order valence-corrected chi connectivity index (χ4v) is 2.49. The van der Waals surface area contributed by atoms with Crippen LogP contribution in [0, 0.1) is 5.82 Å². The van der Waals surface area contributed by atoms with E-state index in [1.807, 2.05) is 19.1 Å². The Balaban J connectivity index is 1.98. The lowest BCUT2D eigenvalue weighted by Gasteiger charge is -2.20. The van der Waals surface area contributed by atoms with Crippen LogP contribution in [0.5, 0.6) is 0 Å². The topological polar surface area (TPSA) is 25.2 Å². The van der Waals surface area contributed by atoms with E-state index >= 15 is 0 Å². The van der Waals surface area contributed by atoms with Crippen molar-refractivity contribution >= 4 is 11.6 Å². The van der Waals surface area contributed by atoms with E-state index in [1.165, 1.54) is 12.1 Å². The molecule has 0 amide bonds. The van der Waals surface area contributed by atoms with Crippen molar-refractivity contribution in [2.75, 3.05) is 0 Å². The zero-order valence-corrected chi connectivity index (χ0v) is 11.7. The smallest absolute Gasteiger partial charge is 0.124 e. The van der Waals surface area contributed by atoms with E-state index in [1.54, 1.807) is 12.3 Å². The highest BCUT2D eigenvalue weighted by Gasteiger charge is 2.14. The van der Waals surface area contributed by atoms with Gasteiger partial charge in [0.25, 0.3) is 0 Å². The van der Waals surface area contributed by atoms with Gasteiger partial charge in [-0.1, -0.05) is 17.7 Å². The number of nitrogens with one attached hydrogen (secondary N) is 1. The summed E-state index contributed by atoms with van der Waals surface area (Å²) in [6, 6.07) is 8.61. The van der Waals surface area contributed by atoms with E-state index < -0.39 is 0 Å². The standard InChI is InChI=1S/C15H17ClFNO/c1-10(8-13-4-3-7-19-13)18-11(2)14-6-5-12(17)9-15(14)16/h3-7,9-11,18H,8H2,1-2H3. The van der Waals surface area contributed by atoms with Gasteiger partial charge in [0.1, 0.15) is 11.6 Å². The average molecular weight is 282 g/mol. The normalized spacial score (nSPS) is 14.3. The van der Waals surface area contributed by atoms with Gasteiger partial charge in [-0.25, -0.2) is 4.39 Å². The Kier molecular flexibility index (Phi) is 4.61. The van der Waals surface area contributed by atoms with Gasteiger partial charge in [0, 0.05) is 23.5 Å². The summed E-state index contributed by atoms with van der Waals surface area (Å²) in [5, 5.41) is 3.88. The molecule has 0 spiro atoms. The van der Waals surface area contributed by atoms with Crippen LogP contribution in [-0.4, -0.2) is 6.04 Å². The molecule has 1 aromatic heterocycles. The lowest BCUT2D eigenvalue weighted by molar-refractivity contribution is 0.429. The molecule has 2 atom stereocenters. The molecule has 2 nitrogen and oxygen atoms in total. The van der Waals surface area contributed by atoms with Crippen molar-refractivity contribution in [3.8, 4) is 0 Å². The van der Waals surface area contributed by atoms with Crippen molar-refractivity contribution < 1.29 is 8.81 Å². The van der Waals surface area contributed by atoms with Crippen LogP contribution in [0.2, 0.25) is 5.02 Å². The van der Waals surface area contributed by atoms with E-state index in [4.69, 9.17) is 16.0 Å². The molecule has 0 saturated heterocycles. The number of hydrogen-bond acceptors (Lipinski definition) is 2. The molecule has 2 aromatic rings. The molecule has 2 unspecified atom stereocenters. The van der Waals surface area contributed by atoms with E-state index in [0.717, 1.165) is 17.7 Å². The maximum atomic E-state index is 13.0. The molecule has 1 N–H and O–H groups in total. The predicted octanol–water partition coefficient (Wildman–Crippen LogP) is 4.35. The summed E-state index contributed by atoms with van der Waals surface area (Å²) in [5.41, 5.74) is 0.898. The molecule has 2 rings (SSSR count). The summed E-state index contributed by atoms with van der Waals surface area (Å²) in [5.74, 6) is 0.627. The van der Waals surface area contributed by atoms with E-state index in [-0.39, 0.29) is 17.9 Å². The molecule has 0 aliphatic heterocycles. The fraction of sp³-hybridized carbons (Fsp3) is 0.333. The highest BCUT2D eigenvalue weighted by atomic mass is 35.5. The average Bonchev–Trinajstić information content (AvgIpc) is 2.81. The second kappa shape index (κ2) is 6.22. The van der Waals surface area contributed by atoms with Gasteiger partial charge in [-0.05, 0) is 43.7 Å². The highest BCUT2D eigenvalue weighted by Crippen LogP contribution is 2.24. The quantitative estimate of drug-likeness (QED) is 0.881. The molecule has 0 aliphatic carbocycles. The highest BCUT2D eigenvalue weighted by molar-refractivity contribution is 6.31. The fourth-order valence-electron chi connectivity index (χ4n) is 2.16. The van der Waals surface area contributed by atoms with Crippen LogP contribution < -0.4 is 5.32 Å². The Labute approximate surface area is 117 Å². The Morgan fingerprint density at radius 3 is 2.74 bits per heavy atom. The van der Waals surface area contributed by atoms with Gasteiger partial charge in [0.15, 0.2) is 0 Å². The van der Waals surface area contributed by atoms with Crippen LogP contribution in [0.3, 0.4) is 0 Å². The Morgan fingerprint density at radius 2 is 2.11 bits per heavy atom. The predicted molar refractivity (Wildman–Crippen MR) is 74.8 cm³/mol. The van der Waals surface area contributed by atoms with E-state index in [0.29, 0.717) is 5.02 Å². The number of hydrogen-bond donors (Lipinski definition) is 1. The summed E-state index contributed by atoms with van der Waals surface area (Å²) in [4.78, 5) is 0. The minimum atomic E-state index is -0.315. The van der Waals surface area contributed by atoms with Crippen LogP contribution >= 0.6 is 11.6 Å². The summed E-state index contributed by atoms with van der Waals surface area (Å²) < 4.78 is 18.3. The van der Waals surface area contributed by atoms with Gasteiger partial charge in [0.05, 0.1) is 6.26 Å². The minimum Gasteiger partial charge on any atom is -0.469 e. The maximum Gasteiger partial charge on any atom is 0.124 e. The van der Waals surface area contributed by atoms with Crippen molar-refractivity contribution in [1.29, 1.82) is 0 Å². The first-order chi connectivity index (χ1) is 9.06. The number of halogens is 2. The van der Waals surface area contributed by atoms with Gasteiger partial charge in [-0.2, -0.15) is 0 Å². The van der Waals surface area contributed by atoms with Crippen molar-refractivity contribution in [2.24, 2.45) is 0 Å². The molecule has 0 radical (unpaired) electrons. The Bertz CT molecular complexity index is 527. The van der Waals surface area contributed by atoms with Gasteiger partial charge >= 0.3 is 0 Å². The van der Waals surface area contributed by atoms with E-state index in [2.05, 4.69) is 12.2 Å². The molecule has 0 bridgehead atoms. The third kappa shape index (κ3) is 3.82. The monoisotopic (exact) mass is 281 g/mol. The molecule has 0 fully saturated rings. The first kappa shape index (κ1) is 14.1. The molecule has 1 heterocycles. The van der Waals surface area contributed by atoms with Crippen molar-refractivity contribution in [3.63, 3.8) is 0 Å². The van der Waals surface area contributed by atoms with Gasteiger partial charge < -0.3 is 9.73 Å². The van der Waals surface area contributed by atoms with Crippen LogP contribution in [0.1, 0.15) is 31.2 Å². The van der Waals surface area contributed by atoms with Crippen LogP contribution in [-0.2, 0) is 6.42 Å². The first-order valence-electron chi connectivity index (χ1n) is 6.29. The van der Waals surface area contributed by atoms with Crippen LogP contribution in [0.4, 0.5) is 4.39 Å². The largest absolute Gasteiger partial charge is 0.469 e. The van der Waals surface area contributed by atoms with Crippen molar-refractivity contribution in [1.82, 2.24) is 5.32 Å². The molecular formula is C15H17ClFNO. The molecule has 19 heavy (non-hydrogen) atoms. The number of furan rings is 1. The Morgan fingerprint density at radius 1 is 1.32 bits per heavy atom.